The summed E-state index contributed by atoms with van der Waals surface area (Å²) in [5, 5.41) is 18.8. The number of imide groups is 1. The second-order valence-corrected chi connectivity index (χ2v) is 12.4. The van der Waals surface area contributed by atoms with Crippen molar-refractivity contribution in [2.75, 3.05) is 13.1 Å². The second kappa shape index (κ2) is 11.6. The molecule has 0 unspecified atom stereocenters. The van der Waals surface area contributed by atoms with E-state index in [9.17, 15) is 14.7 Å². The standard InChI is InChI=1S/C29H29Cl3N2O3S/c30-19-8-6-17(7-9-19)23-24(35)26(38-25(23)21-11-10-20(31)16-22(21)32)27(36)34-28(37)29(12-14-33-15-13-29)18-4-2-1-3-5-18/h6-11,16,18,33,35H,1-5,12-15H2,(H,34,36,37). The van der Waals surface area contributed by atoms with E-state index in [1.807, 2.05) is 0 Å². The Kier molecular flexibility index (Phi) is 8.36. The number of hydrogen-bond donors (Lipinski definition) is 3. The Morgan fingerprint density at radius 1 is 0.947 bits per heavy atom. The van der Waals surface area contributed by atoms with Crippen LogP contribution in [-0.4, -0.2) is 30.0 Å². The Bertz CT molecular complexity index is 1340. The summed E-state index contributed by atoms with van der Waals surface area (Å²) in [6.45, 7) is 1.50. The van der Waals surface area contributed by atoms with Gasteiger partial charge in [0.1, 0.15) is 10.6 Å². The predicted octanol–water partition coefficient (Wildman–Crippen LogP) is 7.95. The molecule has 0 radical (unpaired) electrons. The van der Waals surface area contributed by atoms with Crippen LogP contribution in [0.15, 0.2) is 42.5 Å². The molecule has 5 nitrogen and oxygen atoms in total. The number of rotatable bonds is 5. The molecular formula is C29H29Cl3N2O3S. The van der Waals surface area contributed by atoms with Crippen molar-refractivity contribution in [2.45, 2.75) is 44.9 Å². The molecule has 0 spiro atoms. The summed E-state index contributed by atoms with van der Waals surface area (Å²) in [4.78, 5) is 28.1. The minimum absolute atomic E-state index is 0.0667. The predicted molar refractivity (Wildman–Crippen MR) is 155 cm³/mol. The molecule has 38 heavy (non-hydrogen) atoms. The van der Waals surface area contributed by atoms with Gasteiger partial charge in [-0.3, -0.25) is 14.9 Å². The summed E-state index contributed by atoms with van der Waals surface area (Å²) in [6, 6.07) is 12.1. The first-order valence-electron chi connectivity index (χ1n) is 12.9. The Hall–Kier alpha value is -2.09. The Morgan fingerprint density at radius 3 is 2.26 bits per heavy atom. The number of thiophene rings is 1. The lowest BCUT2D eigenvalue weighted by molar-refractivity contribution is -0.136. The smallest absolute Gasteiger partial charge is 0.271 e. The van der Waals surface area contributed by atoms with Gasteiger partial charge >= 0.3 is 0 Å². The summed E-state index contributed by atoms with van der Waals surface area (Å²) < 4.78 is 0. The number of carbonyl (C=O) groups is 2. The summed E-state index contributed by atoms with van der Waals surface area (Å²) in [5.41, 5.74) is 1.18. The summed E-state index contributed by atoms with van der Waals surface area (Å²) in [7, 11) is 0. The highest BCUT2D eigenvalue weighted by Crippen LogP contribution is 2.50. The van der Waals surface area contributed by atoms with Crippen molar-refractivity contribution in [2.24, 2.45) is 11.3 Å². The lowest BCUT2D eigenvalue weighted by Crippen LogP contribution is -2.53. The van der Waals surface area contributed by atoms with Gasteiger partial charge in [0.2, 0.25) is 5.91 Å². The summed E-state index contributed by atoms with van der Waals surface area (Å²) >= 11 is 19.9. The number of halogens is 3. The number of hydrogen-bond acceptors (Lipinski definition) is 5. The molecule has 1 saturated heterocycles. The van der Waals surface area contributed by atoms with Crippen LogP contribution in [0.1, 0.15) is 54.6 Å². The third-order valence-corrected chi connectivity index (χ3v) is 9.97. The molecule has 2 aliphatic rings. The molecule has 1 aliphatic heterocycles. The van der Waals surface area contributed by atoms with Gasteiger partial charge in [0.15, 0.2) is 0 Å². The van der Waals surface area contributed by atoms with Crippen LogP contribution in [-0.2, 0) is 4.79 Å². The minimum Gasteiger partial charge on any atom is -0.506 e. The van der Waals surface area contributed by atoms with E-state index in [1.54, 1.807) is 42.5 Å². The Labute approximate surface area is 241 Å². The zero-order valence-corrected chi connectivity index (χ0v) is 23.9. The third kappa shape index (κ3) is 5.34. The first kappa shape index (κ1) is 27.5. The molecule has 0 bridgehead atoms. The molecule has 2 amide bonds. The molecule has 2 fully saturated rings. The van der Waals surface area contributed by atoms with Crippen LogP contribution in [0.4, 0.5) is 0 Å². The van der Waals surface area contributed by atoms with E-state index >= 15 is 0 Å². The van der Waals surface area contributed by atoms with Crippen LogP contribution >= 0.6 is 46.1 Å². The van der Waals surface area contributed by atoms with Crippen molar-refractivity contribution in [3.8, 4) is 27.3 Å². The number of benzene rings is 2. The first-order chi connectivity index (χ1) is 18.3. The fourth-order valence-electron chi connectivity index (χ4n) is 5.96. The van der Waals surface area contributed by atoms with E-state index in [-0.39, 0.29) is 22.5 Å². The molecule has 1 saturated carbocycles. The van der Waals surface area contributed by atoms with Gasteiger partial charge in [-0.25, -0.2) is 0 Å². The molecule has 9 heteroatoms. The lowest BCUT2D eigenvalue weighted by Gasteiger charge is -2.44. The zero-order chi connectivity index (χ0) is 26.9. The molecule has 2 heterocycles. The largest absolute Gasteiger partial charge is 0.506 e. The van der Waals surface area contributed by atoms with E-state index in [0.29, 0.717) is 49.5 Å². The Balaban J connectivity index is 1.52. The number of aromatic hydroxyl groups is 1. The van der Waals surface area contributed by atoms with Crippen molar-refractivity contribution in [3.63, 3.8) is 0 Å². The highest BCUT2D eigenvalue weighted by Gasteiger charge is 2.47. The van der Waals surface area contributed by atoms with Gasteiger partial charge in [-0.05, 0) is 74.5 Å². The SMILES string of the molecule is O=C(NC(=O)C1(C2CCCCC2)CCNCC1)c1sc(-c2ccc(Cl)cc2Cl)c(-c2ccc(Cl)cc2)c1O. The van der Waals surface area contributed by atoms with Crippen LogP contribution in [0.2, 0.25) is 15.1 Å². The molecule has 1 aliphatic carbocycles. The fourth-order valence-corrected chi connectivity index (χ4v) is 7.79. The van der Waals surface area contributed by atoms with Gasteiger partial charge in [0, 0.05) is 26.0 Å². The third-order valence-electron chi connectivity index (χ3n) is 7.96. The van der Waals surface area contributed by atoms with Crippen molar-refractivity contribution in [1.29, 1.82) is 0 Å². The average molecular weight is 592 g/mol. The topological polar surface area (TPSA) is 78.4 Å². The maximum absolute atomic E-state index is 13.8. The van der Waals surface area contributed by atoms with Gasteiger partial charge in [0.25, 0.3) is 5.91 Å². The molecule has 200 valence electrons. The maximum atomic E-state index is 13.8. The van der Waals surface area contributed by atoms with Crippen LogP contribution in [0.25, 0.3) is 21.6 Å². The number of amides is 2. The average Bonchev–Trinajstić information content (AvgIpc) is 3.26. The van der Waals surface area contributed by atoms with Crippen LogP contribution in [0.3, 0.4) is 0 Å². The van der Waals surface area contributed by atoms with Gasteiger partial charge in [-0.15, -0.1) is 11.3 Å². The van der Waals surface area contributed by atoms with Crippen LogP contribution < -0.4 is 10.6 Å². The fraction of sp³-hybridized carbons (Fsp3) is 0.379. The lowest BCUT2D eigenvalue weighted by atomic mass is 9.63. The number of carbonyl (C=O) groups excluding carboxylic acids is 2. The van der Waals surface area contributed by atoms with Crippen molar-refractivity contribution >= 4 is 58.0 Å². The van der Waals surface area contributed by atoms with Gasteiger partial charge in [-0.2, -0.15) is 0 Å². The highest BCUT2D eigenvalue weighted by atomic mass is 35.5. The van der Waals surface area contributed by atoms with E-state index in [4.69, 9.17) is 34.8 Å². The van der Waals surface area contributed by atoms with Crippen molar-refractivity contribution in [1.82, 2.24) is 10.6 Å². The van der Waals surface area contributed by atoms with Gasteiger partial charge in [-0.1, -0.05) is 72.3 Å². The van der Waals surface area contributed by atoms with Gasteiger partial charge < -0.3 is 10.4 Å². The molecule has 0 atom stereocenters. The highest BCUT2D eigenvalue weighted by molar-refractivity contribution is 7.18. The quantitative estimate of drug-likeness (QED) is 0.263. The first-order valence-corrected chi connectivity index (χ1v) is 14.9. The van der Waals surface area contributed by atoms with Gasteiger partial charge in [0.05, 0.1) is 10.4 Å². The zero-order valence-electron chi connectivity index (χ0n) is 20.8. The summed E-state index contributed by atoms with van der Waals surface area (Å²) in [5.74, 6) is -0.766. The van der Waals surface area contributed by atoms with E-state index in [1.165, 1.54) is 6.42 Å². The number of nitrogens with one attached hydrogen (secondary N) is 2. The van der Waals surface area contributed by atoms with Crippen LogP contribution in [0.5, 0.6) is 5.75 Å². The maximum Gasteiger partial charge on any atom is 0.271 e. The molecule has 5 rings (SSSR count). The minimum atomic E-state index is -0.599. The van der Waals surface area contributed by atoms with Crippen molar-refractivity contribution < 1.29 is 14.7 Å². The number of piperidine rings is 1. The second-order valence-electron chi connectivity index (χ2n) is 10.1. The van der Waals surface area contributed by atoms with E-state index in [0.717, 1.165) is 50.1 Å². The molecule has 2 aromatic carbocycles. The molecule has 3 N–H and O–H groups in total. The molecule has 3 aromatic rings. The van der Waals surface area contributed by atoms with Crippen molar-refractivity contribution in [3.05, 3.63) is 62.4 Å². The van der Waals surface area contributed by atoms with Crippen LogP contribution in [0, 0.1) is 11.3 Å². The van der Waals surface area contributed by atoms with E-state index in [2.05, 4.69) is 10.6 Å². The molecule has 1 aromatic heterocycles. The normalized spacial score (nSPS) is 17.8. The molecular weight excluding hydrogens is 563 g/mol. The summed E-state index contributed by atoms with van der Waals surface area (Å²) in [6.07, 6.45) is 6.84. The monoisotopic (exact) mass is 590 g/mol. The van der Waals surface area contributed by atoms with E-state index < -0.39 is 11.3 Å². The Morgan fingerprint density at radius 2 is 1.61 bits per heavy atom.